The lowest BCUT2D eigenvalue weighted by Crippen LogP contribution is -2.30. The topological polar surface area (TPSA) is 74.8 Å². The summed E-state index contributed by atoms with van der Waals surface area (Å²) in [5.74, 6) is -1.36. The fourth-order valence-electron chi connectivity index (χ4n) is 7.44. The van der Waals surface area contributed by atoms with E-state index in [2.05, 4.69) is 0 Å². The van der Waals surface area contributed by atoms with E-state index in [4.69, 9.17) is 0 Å². The Kier molecular flexibility index (Phi) is 7.65. The van der Waals surface area contributed by atoms with Gasteiger partial charge in [0.15, 0.2) is 0 Å². The molecule has 0 unspecified atom stereocenters. The van der Waals surface area contributed by atoms with Gasteiger partial charge >= 0.3 is 0 Å². The second kappa shape index (κ2) is 12.1. The van der Waals surface area contributed by atoms with Crippen LogP contribution in [0.4, 0.5) is 11.4 Å². The van der Waals surface area contributed by atoms with Gasteiger partial charge in [0.05, 0.1) is 33.6 Å². The summed E-state index contributed by atoms with van der Waals surface area (Å²) in [5.41, 5.74) is 14.0. The molecule has 6 nitrogen and oxygen atoms in total. The quantitative estimate of drug-likeness (QED) is 0.170. The van der Waals surface area contributed by atoms with E-state index in [1.165, 1.54) is 9.80 Å². The minimum absolute atomic E-state index is 0.339. The van der Waals surface area contributed by atoms with Gasteiger partial charge in [-0.25, -0.2) is 9.80 Å². The van der Waals surface area contributed by atoms with Crippen molar-refractivity contribution in [3.63, 3.8) is 0 Å². The molecule has 6 heteroatoms. The first-order valence-electron chi connectivity index (χ1n) is 17.3. The van der Waals surface area contributed by atoms with Gasteiger partial charge < -0.3 is 0 Å². The standard InChI is InChI=1S/C46H36N2O4/c1-25-7-11-31(12-8-25)33-15-17-36-39(23-33)45(51)47(43(36)49)41-20-19-35(29(5)30(41)6)38-21-28(4)42(22-27(38)3)48-44(50)37-18-16-34(24-40(37)46(48)52)32-13-9-26(2)10-14-32/h7-24H,1-6H3. The number of rotatable bonds is 5. The molecule has 52 heavy (non-hydrogen) atoms. The van der Waals surface area contributed by atoms with Gasteiger partial charge in [0.2, 0.25) is 0 Å². The Bertz CT molecular complexity index is 2420. The first kappa shape index (κ1) is 32.8. The van der Waals surface area contributed by atoms with E-state index in [9.17, 15) is 19.2 Å². The molecular weight excluding hydrogens is 645 g/mol. The Morgan fingerprint density at radius 3 is 1.25 bits per heavy atom. The molecule has 4 amide bonds. The van der Waals surface area contributed by atoms with Gasteiger partial charge in [-0.1, -0.05) is 77.9 Å². The van der Waals surface area contributed by atoms with Gasteiger partial charge in [0.1, 0.15) is 0 Å². The number of imide groups is 2. The third-order valence-corrected chi connectivity index (χ3v) is 10.6. The van der Waals surface area contributed by atoms with Crippen LogP contribution in [0.15, 0.2) is 109 Å². The maximum atomic E-state index is 13.8. The van der Waals surface area contributed by atoms with Crippen molar-refractivity contribution in [2.45, 2.75) is 41.5 Å². The Morgan fingerprint density at radius 1 is 0.327 bits per heavy atom. The highest BCUT2D eigenvalue weighted by atomic mass is 16.2. The van der Waals surface area contributed by atoms with Crippen LogP contribution in [0.5, 0.6) is 0 Å². The molecule has 0 aromatic heterocycles. The zero-order valence-corrected chi connectivity index (χ0v) is 29.9. The third kappa shape index (κ3) is 5.10. The molecule has 2 heterocycles. The molecule has 0 radical (unpaired) electrons. The van der Waals surface area contributed by atoms with Gasteiger partial charge in [0.25, 0.3) is 23.6 Å². The van der Waals surface area contributed by atoms with Crippen LogP contribution in [0.2, 0.25) is 0 Å². The van der Waals surface area contributed by atoms with Gasteiger partial charge in [-0.3, -0.25) is 19.2 Å². The van der Waals surface area contributed by atoms with E-state index in [0.717, 1.165) is 66.8 Å². The van der Waals surface area contributed by atoms with Crippen molar-refractivity contribution in [3.8, 4) is 33.4 Å². The lowest BCUT2D eigenvalue weighted by Gasteiger charge is -2.22. The van der Waals surface area contributed by atoms with Crippen LogP contribution in [0, 0.1) is 41.5 Å². The number of nitrogens with zero attached hydrogens (tertiary/aromatic N) is 2. The number of amides is 4. The summed E-state index contributed by atoms with van der Waals surface area (Å²) in [4.78, 5) is 57.5. The van der Waals surface area contributed by atoms with E-state index in [-0.39, 0.29) is 23.6 Å². The van der Waals surface area contributed by atoms with E-state index in [1.54, 1.807) is 12.1 Å². The maximum absolute atomic E-state index is 13.8. The van der Waals surface area contributed by atoms with Crippen LogP contribution in [0.1, 0.15) is 74.8 Å². The van der Waals surface area contributed by atoms with Crippen LogP contribution in [0.3, 0.4) is 0 Å². The first-order valence-corrected chi connectivity index (χ1v) is 17.3. The summed E-state index contributed by atoms with van der Waals surface area (Å²) >= 11 is 0. The summed E-state index contributed by atoms with van der Waals surface area (Å²) in [6, 6.07) is 34.7. The number of carbonyl (C=O) groups is 4. The molecule has 0 fully saturated rings. The number of benzene rings is 6. The van der Waals surface area contributed by atoms with Crippen molar-refractivity contribution in [3.05, 3.63) is 165 Å². The number of carbonyl (C=O) groups excluding carboxylic acids is 4. The molecular formula is C46H36N2O4. The summed E-state index contributed by atoms with van der Waals surface area (Å²) in [6.07, 6.45) is 0. The van der Waals surface area contributed by atoms with Gasteiger partial charge in [-0.2, -0.15) is 0 Å². The minimum Gasteiger partial charge on any atom is -0.268 e. The molecule has 0 N–H and O–H groups in total. The number of hydrogen-bond acceptors (Lipinski definition) is 4. The second-order valence-electron chi connectivity index (χ2n) is 14.0. The molecule has 2 aliphatic rings. The minimum atomic E-state index is -0.340. The summed E-state index contributed by atoms with van der Waals surface area (Å²) < 4.78 is 0. The van der Waals surface area contributed by atoms with Crippen molar-refractivity contribution in [1.29, 1.82) is 0 Å². The van der Waals surface area contributed by atoms with Gasteiger partial charge in [0, 0.05) is 0 Å². The normalized spacial score (nSPS) is 13.7. The largest absolute Gasteiger partial charge is 0.268 e. The van der Waals surface area contributed by atoms with Crippen LogP contribution >= 0.6 is 0 Å². The molecule has 6 aromatic rings. The van der Waals surface area contributed by atoms with E-state index >= 15 is 0 Å². The van der Waals surface area contributed by atoms with Crippen LogP contribution in [-0.4, -0.2) is 23.6 Å². The smallest absolute Gasteiger partial charge is 0.266 e. The summed E-state index contributed by atoms with van der Waals surface area (Å²) in [6.45, 7) is 11.8. The molecule has 0 saturated carbocycles. The average Bonchev–Trinajstić information content (AvgIpc) is 3.54. The third-order valence-electron chi connectivity index (χ3n) is 10.6. The van der Waals surface area contributed by atoms with E-state index < -0.39 is 0 Å². The zero-order valence-electron chi connectivity index (χ0n) is 29.9. The van der Waals surface area contributed by atoms with Crippen molar-refractivity contribution in [1.82, 2.24) is 0 Å². The molecule has 0 bridgehead atoms. The predicted octanol–water partition coefficient (Wildman–Crippen LogP) is 10.1. The molecule has 2 aliphatic heterocycles. The molecule has 0 atom stereocenters. The van der Waals surface area contributed by atoms with Gasteiger partial charge in [-0.05, 0) is 140 Å². The van der Waals surface area contributed by atoms with Crippen LogP contribution in [0.25, 0.3) is 33.4 Å². The highest BCUT2D eigenvalue weighted by Crippen LogP contribution is 2.41. The molecule has 0 aliphatic carbocycles. The predicted molar refractivity (Wildman–Crippen MR) is 206 cm³/mol. The van der Waals surface area contributed by atoms with Gasteiger partial charge in [-0.15, -0.1) is 0 Å². The molecule has 0 spiro atoms. The zero-order chi connectivity index (χ0) is 36.6. The summed E-state index contributed by atoms with van der Waals surface area (Å²) in [5, 5.41) is 0. The van der Waals surface area contributed by atoms with Crippen molar-refractivity contribution < 1.29 is 19.2 Å². The lowest BCUT2D eigenvalue weighted by atomic mass is 9.91. The van der Waals surface area contributed by atoms with Crippen molar-refractivity contribution in [2.75, 3.05) is 9.80 Å². The lowest BCUT2D eigenvalue weighted by molar-refractivity contribution is 0.0910. The Labute approximate surface area is 303 Å². The highest BCUT2D eigenvalue weighted by molar-refractivity contribution is 6.36. The number of anilines is 2. The van der Waals surface area contributed by atoms with E-state index in [1.807, 2.05) is 139 Å². The first-order chi connectivity index (χ1) is 24.9. The maximum Gasteiger partial charge on any atom is 0.266 e. The molecule has 8 rings (SSSR count). The molecule has 0 saturated heterocycles. The summed E-state index contributed by atoms with van der Waals surface area (Å²) in [7, 11) is 0. The second-order valence-corrected chi connectivity index (χ2v) is 14.0. The Hall–Kier alpha value is -6.40. The molecule has 254 valence electrons. The fraction of sp³-hybridized carbons (Fsp3) is 0.130. The van der Waals surface area contributed by atoms with E-state index in [0.29, 0.717) is 33.6 Å². The highest BCUT2D eigenvalue weighted by Gasteiger charge is 2.39. The average molecular weight is 681 g/mol. The monoisotopic (exact) mass is 680 g/mol. The van der Waals surface area contributed by atoms with Crippen LogP contribution < -0.4 is 9.80 Å². The fourth-order valence-corrected chi connectivity index (χ4v) is 7.44. The number of hydrogen-bond donors (Lipinski definition) is 0. The number of aryl methyl sites for hydroxylation is 4. The Balaban J connectivity index is 1.10. The van der Waals surface area contributed by atoms with Crippen molar-refractivity contribution >= 4 is 35.0 Å². The Morgan fingerprint density at radius 2 is 0.750 bits per heavy atom. The van der Waals surface area contributed by atoms with Crippen molar-refractivity contribution in [2.24, 2.45) is 0 Å². The molecule has 6 aromatic carbocycles. The van der Waals surface area contributed by atoms with Crippen LogP contribution in [-0.2, 0) is 0 Å². The SMILES string of the molecule is Cc1ccc(-c2ccc3c(c2)C(=O)N(c2cc(C)c(-c4ccc(N5C(=O)c6ccc(-c7ccc(C)cc7)cc6C5=O)c(C)c4C)cc2C)C3=O)cc1. The number of fused-ring (bicyclic) bond motifs is 2.